The van der Waals surface area contributed by atoms with Crippen LogP contribution in [0.3, 0.4) is 0 Å². The average molecular weight is 379 g/mol. The summed E-state index contributed by atoms with van der Waals surface area (Å²) >= 11 is 6.18. The van der Waals surface area contributed by atoms with Crippen LogP contribution in [0.15, 0.2) is 18.3 Å². The third kappa shape index (κ3) is 4.21. The SMILES string of the molecule is CCCN1CC2(CCN(C)CC2)C[C@@H]1C(=O)N(C)Cc1cccnc1Cl. The van der Waals surface area contributed by atoms with Gasteiger partial charge in [0.15, 0.2) is 0 Å². The molecule has 2 saturated heterocycles. The maximum Gasteiger partial charge on any atom is 0.239 e. The van der Waals surface area contributed by atoms with Gasteiger partial charge in [0, 0.05) is 31.9 Å². The number of hydrogen-bond donors (Lipinski definition) is 0. The van der Waals surface area contributed by atoms with Crippen molar-refractivity contribution in [2.45, 2.75) is 45.2 Å². The van der Waals surface area contributed by atoms with Crippen LogP contribution in [0.5, 0.6) is 0 Å². The number of carbonyl (C=O) groups is 1. The molecule has 0 bridgehead atoms. The highest BCUT2D eigenvalue weighted by Gasteiger charge is 2.47. The summed E-state index contributed by atoms with van der Waals surface area (Å²) < 4.78 is 0. The van der Waals surface area contributed by atoms with E-state index in [1.54, 1.807) is 6.20 Å². The lowest BCUT2D eigenvalue weighted by Gasteiger charge is -2.37. The molecule has 1 atom stereocenters. The van der Waals surface area contributed by atoms with Crippen molar-refractivity contribution >= 4 is 17.5 Å². The molecule has 2 aliphatic rings. The first kappa shape index (κ1) is 19.6. The number of rotatable bonds is 5. The van der Waals surface area contributed by atoms with Gasteiger partial charge in [0.25, 0.3) is 0 Å². The largest absolute Gasteiger partial charge is 0.340 e. The molecule has 1 spiro atoms. The zero-order chi connectivity index (χ0) is 18.7. The third-order valence-corrected chi connectivity index (χ3v) is 6.41. The Morgan fingerprint density at radius 3 is 2.81 bits per heavy atom. The summed E-state index contributed by atoms with van der Waals surface area (Å²) in [6, 6.07) is 3.81. The Morgan fingerprint density at radius 1 is 1.42 bits per heavy atom. The fourth-order valence-corrected chi connectivity index (χ4v) is 4.67. The van der Waals surface area contributed by atoms with E-state index in [9.17, 15) is 4.79 Å². The second-order valence-corrected chi connectivity index (χ2v) is 8.50. The number of piperidine rings is 1. The molecule has 144 valence electrons. The molecule has 1 aromatic heterocycles. The molecule has 26 heavy (non-hydrogen) atoms. The molecule has 0 unspecified atom stereocenters. The highest BCUT2D eigenvalue weighted by atomic mass is 35.5. The van der Waals surface area contributed by atoms with Crippen molar-refractivity contribution in [3.8, 4) is 0 Å². The van der Waals surface area contributed by atoms with E-state index in [1.165, 1.54) is 12.8 Å². The Kier molecular flexibility index (Phi) is 6.21. The van der Waals surface area contributed by atoms with Crippen molar-refractivity contribution in [2.75, 3.05) is 40.3 Å². The van der Waals surface area contributed by atoms with Crippen LogP contribution < -0.4 is 0 Å². The fraction of sp³-hybridized carbons (Fsp3) is 0.700. The molecular formula is C20H31ClN4O. The number of likely N-dealkylation sites (N-methyl/N-ethyl adjacent to an activating group) is 1. The molecule has 1 amide bonds. The van der Waals surface area contributed by atoms with Crippen LogP contribution >= 0.6 is 11.6 Å². The smallest absolute Gasteiger partial charge is 0.239 e. The van der Waals surface area contributed by atoms with Gasteiger partial charge < -0.3 is 9.80 Å². The standard InChI is InChI=1S/C20H31ClN4O/c1-4-10-25-15-20(7-11-23(2)12-8-20)13-17(25)19(26)24(3)14-16-6-5-9-22-18(16)21/h5-6,9,17H,4,7-8,10-15H2,1-3H3/t17-/m1/s1. The Morgan fingerprint density at radius 2 is 2.15 bits per heavy atom. The summed E-state index contributed by atoms with van der Waals surface area (Å²) in [7, 11) is 4.08. The Hall–Kier alpha value is -1.17. The van der Waals surface area contributed by atoms with Gasteiger partial charge in [-0.1, -0.05) is 24.6 Å². The second kappa shape index (κ2) is 8.24. The first-order valence-electron chi connectivity index (χ1n) is 9.71. The molecule has 2 aliphatic heterocycles. The summed E-state index contributed by atoms with van der Waals surface area (Å²) in [5.74, 6) is 0.217. The molecule has 0 aromatic carbocycles. The van der Waals surface area contributed by atoms with Crippen molar-refractivity contribution in [3.05, 3.63) is 29.0 Å². The normalized spacial score (nSPS) is 23.5. The fourth-order valence-electron chi connectivity index (χ4n) is 4.49. The molecule has 0 radical (unpaired) electrons. The van der Waals surface area contributed by atoms with E-state index in [-0.39, 0.29) is 11.9 Å². The van der Waals surface area contributed by atoms with E-state index >= 15 is 0 Å². The lowest BCUT2D eigenvalue weighted by Crippen LogP contribution is -2.44. The van der Waals surface area contributed by atoms with Gasteiger partial charge in [-0.3, -0.25) is 9.69 Å². The van der Waals surface area contributed by atoms with Gasteiger partial charge in [-0.25, -0.2) is 4.98 Å². The van der Waals surface area contributed by atoms with E-state index < -0.39 is 0 Å². The Bertz CT molecular complexity index is 630. The number of amides is 1. The predicted octanol–water partition coefficient (Wildman–Crippen LogP) is 2.89. The van der Waals surface area contributed by atoms with Crippen molar-refractivity contribution in [3.63, 3.8) is 0 Å². The number of nitrogens with zero attached hydrogens (tertiary/aromatic N) is 4. The molecule has 2 fully saturated rings. The molecular weight excluding hydrogens is 348 g/mol. The zero-order valence-corrected chi connectivity index (χ0v) is 17.0. The molecule has 3 heterocycles. The number of pyridine rings is 1. The lowest BCUT2D eigenvalue weighted by atomic mass is 9.76. The Balaban J connectivity index is 1.70. The topological polar surface area (TPSA) is 39.7 Å². The third-order valence-electron chi connectivity index (χ3n) is 6.07. The van der Waals surface area contributed by atoms with Crippen molar-refractivity contribution < 1.29 is 4.79 Å². The molecule has 5 nitrogen and oxygen atoms in total. The Labute approximate surface area is 162 Å². The highest BCUT2D eigenvalue weighted by molar-refractivity contribution is 6.30. The van der Waals surface area contributed by atoms with E-state index in [0.29, 0.717) is 17.1 Å². The number of halogens is 1. The highest BCUT2D eigenvalue weighted by Crippen LogP contribution is 2.43. The van der Waals surface area contributed by atoms with Crippen LogP contribution in [0.2, 0.25) is 5.15 Å². The van der Waals surface area contributed by atoms with E-state index in [0.717, 1.165) is 44.6 Å². The van der Waals surface area contributed by atoms with Crippen molar-refractivity contribution in [1.82, 2.24) is 19.7 Å². The van der Waals surface area contributed by atoms with Crippen LogP contribution in [0.25, 0.3) is 0 Å². The zero-order valence-electron chi connectivity index (χ0n) is 16.2. The number of carbonyl (C=O) groups excluding carboxylic acids is 1. The average Bonchev–Trinajstić information content (AvgIpc) is 2.98. The first-order valence-corrected chi connectivity index (χ1v) is 10.1. The monoisotopic (exact) mass is 378 g/mol. The number of hydrogen-bond acceptors (Lipinski definition) is 4. The molecule has 6 heteroatoms. The number of aromatic nitrogens is 1. The minimum absolute atomic E-state index is 0.00111. The summed E-state index contributed by atoms with van der Waals surface area (Å²) in [5, 5.41) is 0.482. The quantitative estimate of drug-likeness (QED) is 0.738. The molecule has 1 aromatic rings. The summed E-state index contributed by atoms with van der Waals surface area (Å²) in [6.45, 7) is 7.05. The minimum atomic E-state index is -0.00111. The van der Waals surface area contributed by atoms with Gasteiger partial charge in [-0.2, -0.15) is 0 Å². The number of likely N-dealkylation sites (tertiary alicyclic amines) is 2. The van der Waals surface area contributed by atoms with Gasteiger partial charge in [0.2, 0.25) is 5.91 Å². The van der Waals surface area contributed by atoms with Crippen LogP contribution in [0.1, 0.15) is 38.2 Å². The van der Waals surface area contributed by atoms with Crippen molar-refractivity contribution in [1.29, 1.82) is 0 Å². The summed E-state index contributed by atoms with van der Waals surface area (Å²) in [4.78, 5) is 24.0. The van der Waals surface area contributed by atoms with E-state index in [1.807, 2.05) is 24.1 Å². The van der Waals surface area contributed by atoms with Gasteiger partial charge in [0.05, 0.1) is 6.04 Å². The van der Waals surface area contributed by atoms with Gasteiger partial charge in [-0.05, 0) is 63.8 Å². The van der Waals surface area contributed by atoms with Crippen LogP contribution in [0.4, 0.5) is 0 Å². The van der Waals surface area contributed by atoms with Crippen LogP contribution in [0, 0.1) is 5.41 Å². The van der Waals surface area contributed by atoms with Crippen molar-refractivity contribution in [2.24, 2.45) is 5.41 Å². The van der Waals surface area contributed by atoms with Crippen LogP contribution in [-0.4, -0.2) is 71.9 Å². The van der Waals surface area contributed by atoms with Gasteiger partial charge in [-0.15, -0.1) is 0 Å². The maximum atomic E-state index is 13.2. The summed E-state index contributed by atoms with van der Waals surface area (Å²) in [5.41, 5.74) is 1.22. The maximum absolute atomic E-state index is 13.2. The molecule has 0 saturated carbocycles. The lowest BCUT2D eigenvalue weighted by molar-refractivity contribution is -0.135. The minimum Gasteiger partial charge on any atom is -0.340 e. The van der Waals surface area contributed by atoms with Gasteiger partial charge >= 0.3 is 0 Å². The summed E-state index contributed by atoms with van der Waals surface area (Å²) in [6.07, 6.45) is 6.15. The molecule has 3 rings (SSSR count). The van der Waals surface area contributed by atoms with Gasteiger partial charge in [0.1, 0.15) is 5.15 Å². The van der Waals surface area contributed by atoms with Crippen LogP contribution in [-0.2, 0) is 11.3 Å². The van der Waals surface area contributed by atoms with E-state index in [4.69, 9.17) is 11.6 Å². The molecule has 0 aliphatic carbocycles. The molecule has 0 N–H and O–H groups in total. The first-order chi connectivity index (χ1) is 12.4. The second-order valence-electron chi connectivity index (χ2n) is 8.14. The van der Waals surface area contributed by atoms with E-state index in [2.05, 4.69) is 28.8 Å². The predicted molar refractivity (Wildman–Crippen MR) is 105 cm³/mol.